The smallest absolute Gasteiger partial charge is 0.268 e. The van der Waals surface area contributed by atoms with Gasteiger partial charge in [0.05, 0.1) is 17.8 Å². The number of nitrogens with zero attached hydrogens (tertiary/aromatic N) is 1. The van der Waals surface area contributed by atoms with E-state index in [0.717, 1.165) is 12.0 Å². The number of benzene rings is 2. The summed E-state index contributed by atoms with van der Waals surface area (Å²) in [6.45, 7) is 2.92. The summed E-state index contributed by atoms with van der Waals surface area (Å²) in [6, 6.07) is 17.2. The Labute approximate surface area is 174 Å². The maximum atomic E-state index is 13.6. The topological polar surface area (TPSA) is 49.4 Å². The largest absolute Gasteiger partial charge is 0.356 e. The van der Waals surface area contributed by atoms with Gasteiger partial charge in [0.15, 0.2) is 0 Å². The van der Waals surface area contributed by atoms with Crippen LogP contribution in [0.5, 0.6) is 0 Å². The summed E-state index contributed by atoms with van der Waals surface area (Å²) >= 11 is 1.37. The van der Waals surface area contributed by atoms with Gasteiger partial charge in [0.2, 0.25) is 5.91 Å². The maximum Gasteiger partial charge on any atom is 0.268 e. The minimum atomic E-state index is -0.334. The normalized spacial score (nSPS) is 10.6. The first-order valence-electron chi connectivity index (χ1n) is 9.52. The van der Waals surface area contributed by atoms with Crippen molar-refractivity contribution in [2.24, 2.45) is 0 Å². The van der Waals surface area contributed by atoms with Gasteiger partial charge in [-0.2, -0.15) is 0 Å². The second-order valence-corrected chi connectivity index (χ2v) is 7.64. The van der Waals surface area contributed by atoms with E-state index in [2.05, 4.69) is 5.32 Å². The van der Waals surface area contributed by atoms with Gasteiger partial charge in [-0.1, -0.05) is 37.3 Å². The van der Waals surface area contributed by atoms with E-state index >= 15 is 0 Å². The molecule has 0 bridgehead atoms. The number of carbonyl (C=O) groups is 2. The lowest BCUT2D eigenvalue weighted by Crippen LogP contribution is -2.30. The van der Waals surface area contributed by atoms with Crippen molar-refractivity contribution in [3.63, 3.8) is 0 Å². The Balaban J connectivity index is 1.81. The second-order valence-electron chi connectivity index (χ2n) is 6.69. The molecule has 0 saturated heterocycles. The fourth-order valence-electron chi connectivity index (χ4n) is 2.94. The van der Waals surface area contributed by atoms with Crippen LogP contribution in [0.25, 0.3) is 0 Å². The Kier molecular flexibility index (Phi) is 7.14. The van der Waals surface area contributed by atoms with Crippen LogP contribution in [0, 0.1) is 5.82 Å². The summed E-state index contributed by atoms with van der Waals surface area (Å²) < 4.78 is 13.6. The van der Waals surface area contributed by atoms with Gasteiger partial charge in [-0.15, -0.1) is 11.3 Å². The Hall–Kier alpha value is -2.99. The van der Waals surface area contributed by atoms with Crippen molar-refractivity contribution < 1.29 is 14.0 Å². The van der Waals surface area contributed by atoms with Crippen LogP contribution >= 0.6 is 11.3 Å². The van der Waals surface area contributed by atoms with Crippen molar-refractivity contribution >= 4 is 28.8 Å². The van der Waals surface area contributed by atoms with Gasteiger partial charge in [0.25, 0.3) is 5.91 Å². The highest BCUT2D eigenvalue weighted by Crippen LogP contribution is 2.23. The summed E-state index contributed by atoms with van der Waals surface area (Å²) in [4.78, 5) is 27.2. The molecule has 0 saturated carbocycles. The molecule has 3 aromatic rings. The Morgan fingerprint density at radius 2 is 1.83 bits per heavy atom. The molecule has 29 heavy (non-hydrogen) atoms. The van der Waals surface area contributed by atoms with Gasteiger partial charge < -0.3 is 10.2 Å². The monoisotopic (exact) mass is 410 g/mol. The first-order chi connectivity index (χ1) is 14.1. The molecule has 2 amide bonds. The quantitative estimate of drug-likeness (QED) is 0.580. The molecule has 0 aliphatic rings. The Morgan fingerprint density at radius 1 is 1.03 bits per heavy atom. The molecule has 0 spiro atoms. The van der Waals surface area contributed by atoms with Crippen LogP contribution in [0.15, 0.2) is 66.0 Å². The third-order valence-corrected chi connectivity index (χ3v) is 5.25. The second kappa shape index (κ2) is 9.98. The molecule has 1 heterocycles. The summed E-state index contributed by atoms with van der Waals surface area (Å²) in [5.41, 5.74) is 2.28. The van der Waals surface area contributed by atoms with Gasteiger partial charge in [-0.3, -0.25) is 9.59 Å². The highest BCUT2D eigenvalue weighted by atomic mass is 32.1. The number of hydrogen-bond donors (Lipinski definition) is 1. The van der Waals surface area contributed by atoms with Crippen molar-refractivity contribution in [3.05, 3.63) is 87.9 Å². The fraction of sp³-hybridized carbons (Fsp3) is 0.217. The molecule has 1 aromatic heterocycles. The van der Waals surface area contributed by atoms with Crippen molar-refractivity contribution in [3.8, 4) is 0 Å². The van der Waals surface area contributed by atoms with E-state index in [0.29, 0.717) is 29.1 Å². The lowest BCUT2D eigenvalue weighted by molar-refractivity contribution is -0.120. The van der Waals surface area contributed by atoms with Crippen LogP contribution in [0.3, 0.4) is 0 Å². The predicted molar refractivity (Wildman–Crippen MR) is 115 cm³/mol. The van der Waals surface area contributed by atoms with E-state index in [1.54, 1.807) is 23.1 Å². The lowest BCUT2D eigenvalue weighted by Gasteiger charge is -2.23. The summed E-state index contributed by atoms with van der Waals surface area (Å²) in [5, 5.41) is 4.71. The van der Waals surface area contributed by atoms with Gasteiger partial charge in [0.1, 0.15) is 5.82 Å². The maximum absolute atomic E-state index is 13.6. The van der Waals surface area contributed by atoms with E-state index < -0.39 is 0 Å². The van der Waals surface area contributed by atoms with Gasteiger partial charge in [-0.05, 0) is 53.3 Å². The molecule has 4 nitrogen and oxygen atoms in total. The summed E-state index contributed by atoms with van der Waals surface area (Å²) in [6.07, 6.45) is 1.19. The molecule has 0 fully saturated rings. The molecular formula is C23H23FN2O2S. The molecule has 2 aromatic carbocycles. The fourth-order valence-corrected chi connectivity index (χ4v) is 3.61. The lowest BCUT2D eigenvalue weighted by atomic mass is 10.1. The third kappa shape index (κ3) is 5.74. The van der Waals surface area contributed by atoms with Crippen molar-refractivity contribution in [2.75, 3.05) is 11.4 Å². The van der Waals surface area contributed by atoms with E-state index in [4.69, 9.17) is 0 Å². The molecule has 0 aliphatic heterocycles. The molecule has 0 unspecified atom stereocenters. The first-order valence-corrected chi connectivity index (χ1v) is 10.4. The number of hydrogen-bond acceptors (Lipinski definition) is 3. The highest BCUT2D eigenvalue weighted by molar-refractivity contribution is 7.12. The van der Waals surface area contributed by atoms with Gasteiger partial charge >= 0.3 is 0 Å². The molecule has 6 heteroatoms. The number of halogens is 1. The van der Waals surface area contributed by atoms with Crippen LogP contribution < -0.4 is 10.2 Å². The zero-order chi connectivity index (χ0) is 20.6. The zero-order valence-electron chi connectivity index (χ0n) is 16.2. The highest BCUT2D eigenvalue weighted by Gasteiger charge is 2.19. The number of carbonyl (C=O) groups excluding carboxylic acids is 2. The van der Waals surface area contributed by atoms with Crippen molar-refractivity contribution in [1.29, 1.82) is 0 Å². The Bertz CT molecular complexity index is 955. The van der Waals surface area contributed by atoms with Gasteiger partial charge in [0, 0.05) is 12.2 Å². The molecular weight excluding hydrogens is 387 g/mol. The standard InChI is InChI=1S/C23H23FN2O2S/c1-2-12-25-22(27)15-17-8-10-20(11-9-17)26(23(28)21-7-4-13-29-21)16-18-5-3-6-19(24)14-18/h3-11,13-14H,2,12,15-16H2,1H3,(H,25,27). The number of anilines is 1. The van der Waals surface area contributed by atoms with E-state index in [1.807, 2.05) is 42.6 Å². The predicted octanol–water partition coefficient (Wildman–Crippen LogP) is 4.80. The minimum Gasteiger partial charge on any atom is -0.356 e. The number of thiophene rings is 1. The number of amides is 2. The average Bonchev–Trinajstić information content (AvgIpc) is 3.26. The van der Waals surface area contributed by atoms with Crippen LogP contribution in [0.1, 0.15) is 34.1 Å². The molecule has 150 valence electrons. The molecule has 0 atom stereocenters. The number of nitrogens with one attached hydrogen (secondary N) is 1. The van der Waals surface area contributed by atoms with E-state index in [-0.39, 0.29) is 24.2 Å². The molecule has 0 aliphatic carbocycles. The minimum absolute atomic E-state index is 0.0223. The van der Waals surface area contributed by atoms with Crippen LogP contribution in [0.2, 0.25) is 0 Å². The summed E-state index contributed by atoms with van der Waals surface area (Å²) in [7, 11) is 0. The van der Waals surface area contributed by atoms with E-state index in [9.17, 15) is 14.0 Å². The third-order valence-electron chi connectivity index (χ3n) is 4.39. The molecule has 1 N–H and O–H groups in total. The zero-order valence-corrected chi connectivity index (χ0v) is 17.0. The average molecular weight is 411 g/mol. The SMILES string of the molecule is CCCNC(=O)Cc1ccc(N(Cc2cccc(F)c2)C(=O)c2cccs2)cc1. The van der Waals surface area contributed by atoms with E-state index in [1.165, 1.54) is 23.5 Å². The van der Waals surface area contributed by atoms with Gasteiger partial charge in [-0.25, -0.2) is 4.39 Å². The summed E-state index contributed by atoms with van der Waals surface area (Å²) in [5.74, 6) is -0.497. The first kappa shape index (κ1) is 20.7. The van der Waals surface area contributed by atoms with Crippen molar-refractivity contribution in [1.82, 2.24) is 5.32 Å². The Morgan fingerprint density at radius 3 is 2.48 bits per heavy atom. The molecule has 0 radical (unpaired) electrons. The molecule has 3 rings (SSSR count). The van der Waals surface area contributed by atoms with Crippen LogP contribution in [-0.4, -0.2) is 18.4 Å². The van der Waals surface area contributed by atoms with Crippen molar-refractivity contribution in [2.45, 2.75) is 26.3 Å². The number of rotatable bonds is 8. The van der Waals surface area contributed by atoms with Crippen LogP contribution in [-0.2, 0) is 17.8 Å². The van der Waals surface area contributed by atoms with Crippen LogP contribution in [0.4, 0.5) is 10.1 Å².